The summed E-state index contributed by atoms with van der Waals surface area (Å²) >= 11 is 0. The standard InChI is InChI=1S/C5H8OSi/c1-7-6-5-3-2-4-5/h3H,2,4H2,1H3. The SMILES string of the molecule is C[Si]OC1=CCC1. The summed E-state index contributed by atoms with van der Waals surface area (Å²) in [5.41, 5.74) is 0. The van der Waals surface area contributed by atoms with E-state index >= 15 is 0 Å². The van der Waals surface area contributed by atoms with Gasteiger partial charge in [0.25, 0.3) is 0 Å². The number of hydrogen-bond acceptors (Lipinski definition) is 1. The predicted octanol–water partition coefficient (Wildman–Crippen LogP) is 1.35. The van der Waals surface area contributed by atoms with Gasteiger partial charge in [0.1, 0.15) is 0 Å². The Labute approximate surface area is 46.3 Å². The van der Waals surface area contributed by atoms with Gasteiger partial charge in [0, 0.05) is 6.42 Å². The average Bonchev–Trinajstić information content (AvgIpc) is 1.55. The Hall–Kier alpha value is -0.243. The first-order chi connectivity index (χ1) is 3.43. The lowest BCUT2D eigenvalue weighted by Gasteiger charge is -2.13. The monoisotopic (exact) mass is 112 g/mol. The van der Waals surface area contributed by atoms with Crippen molar-refractivity contribution in [3.05, 3.63) is 11.8 Å². The lowest BCUT2D eigenvalue weighted by molar-refractivity contribution is 0.404. The third-order valence-corrected chi connectivity index (χ3v) is 1.46. The molecule has 0 amide bonds. The van der Waals surface area contributed by atoms with Crippen molar-refractivity contribution in [3.63, 3.8) is 0 Å². The smallest absolute Gasteiger partial charge is 0.306 e. The summed E-state index contributed by atoms with van der Waals surface area (Å²) in [6, 6.07) is 0. The Balaban J connectivity index is 2.15. The van der Waals surface area contributed by atoms with E-state index in [1.807, 2.05) is 6.55 Å². The lowest BCUT2D eigenvalue weighted by Crippen LogP contribution is -2.00. The van der Waals surface area contributed by atoms with Crippen molar-refractivity contribution in [1.82, 2.24) is 0 Å². The van der Waals surface area contributed by atoms with Crippen LogP contribution in [0, 0.1) is 0 Å². The molecule has 0 aliphatic heterocycles. The maximum Gasteiger partial charge on any atom is 0.306 e. The van der Waals surface area contributed by atoms with Crippen molar-refractivity contribution in [3.8, 4) is 0 Å². The Morgan fingerprint density at radius 3 is 2.71 bits per heavy atom. The molecule has 0 saturated heterocycles. The van der Waals surface area contributed by atoms with Crippen LogP contribution in [0.3, 0.4) is 0 Å². The number of rotatable bonds is 2. The van der Waals surface area contributed by atoms with Gasteiger partial charge in [0.2, 0.25) is 0 Å². The summed E-state index contributed by atoms with van der Waals surface area (Å²) in [6.45, 7) is 2.04. The molecule has 0 N–H and O–H groups in total. The van der Waals surface area contributed by atoms with Gasteiger partial charge in [0.05, 0.1) is 5.76 Å². The van der Waals surface area contributed by atoms with Gasteiger partial charge in [-0.3, -0.25) is 0 Å². The Bertz CT molecular complexity index is 88.1. The summed E-state index contributed by atoms with van der Waals surface area (Å²) < 4.78 is 5.17. The van der Waals surface area contributed by atoms with Crippen molar-refractivity contribution < 1.29 is 4.43 Å². The predicted molar refractivity (Wildman–Crippen MR) is 30.0 cm³/mol. The first kappa shape index (κ1) is 4.90. The third-order valence-electron chi connectivity index (χ3n) is 0.996. The largest absolute Gasteiger partial charge is 0.544 e. The second-order valence-corrected chi connectivity index (χ2v) is 2.13. The summed E-state index contributed by atoms with van der Waals surface area (Å²) in [5, 5.41) is 0. The maximum atomic E-state index is 5.17. The fraction of sp³-hybridized carbons (Fsp3) is 0.600. The molecule has 0 aromatic rings. The fourth-order valence-electron chi connectivity index (χ4n) is 0.486. The highest BCUT2D eigenvalue weighted by atomic mass is 28.2. The van der Waals surface area contributed by atoms with Crippen molar-refractivity contribution in [2.45, 2.75) is 19.4 Å². The zero-order valence-corrected chi connectivity index (χ0v) is 5.40. The van der Waals surface area contributed by atoms with Crippen LogP contribution in [0.4, 0.5) is 0 Å². The molecule has 2 radical (unpaired) electrons. The molecule has 1 rings (SSSR count). The topological polar surface area (TPSA) is 9.23 Å². The molecule has 38 valence electrons. The van der Waals surface area contributed by atoms with Crippen molar-refractivity contribution in [2.24, 2.45) is 0 Å². The van der Waals surface area contributed by atoms with E-state index in [1.165, 1.54) is 18.6 Å². The van der Waals surface area contributed by atoms with Gasteiger partial charge in [-0.15, -0.1) is 0 Å². The number of hydrogen-bond donors (Lipinski definition) is 0. The molecule has 1 nitrogen and oxygen atoms in total. The van der Waals surface area contributed by atoms with Gasteiger partial charge in [-0.25, -0.2) is 0 Å². The van der Waals surface area contributed by atoms with Gasteiger partial charge in [-0.1, -0.05) is 0 Å². The highest BCUT2D eigenvalue weighted by molar-refractivity contribution is 6.25. The van der Waals surface area contributed by atoms with Crippen molar-refractivity contribution in [2.75, 3.05) is 0 Å². The van der Waals surface area contributed by atoms with Gasteiger partial charge in [0.15, 0.2) is 0 Å². The molecule has 0 unspecified atom stereocenters. The third kappa shape index (κ3) is 1.06. The molecule has 0 fully saturated rings. The first-order valence-electron chi connectivity index (χ1n) is 2.46. The van der Waals surface area contributed by atoms with Crippen LogP contribution in [-0.4, -0.2) is 9.76 Å². The van der Waals surface area contributed by atoms with E-state index in [4.69, 9.17) is 4.43 Å². The lowest BCUT2D eigenvalue weighted by atomic mass is 10.1. The zero-order chi connectivity index (χ0) is 5.11. The maximum absolute atomic E-state index is 5.17. The van der Waals surface area contributed by atoms with Crippen molar-refractivity contribution >= 4 is 9.76 Å². The Morgan fingerprint density at radius 2 is 2.57 bits per heavy atom. The van der Waals surface area contributed by atoms with Crippen LogP contribution >= 0.6 is 0 Å². The van der Waals surface area contributed by atoms with E-state index in [1.54, 1.807) is 0 Å². The van der Waals surface area contributed by atoms with Crippen LogP contribution in [0.25, 0.3) is 0 Å². The number of allylic oxidation sites excluding steroid dienone is 2. The normalized spacial score (nSPS) is 17.6. The second kappa shape index (κ2) is 2.16. The van der Waals surface area contributed by atoms with Gasteiger partial charge in [-0.05, 0) is 19.0 Å². The summed E-state index contributed by atoms with van der Waals surface area (Å²) in [7, 11) is 0.628. The highest BCUT2D eigenvalue weighted by Gasteiger charge is 2.03. The van der Waals surface area contributed by atoms with E-state index in [2.05, 4.69) is 6.08 Å². The molecular weight excluding hydrogens is 104 g/mol. The van der Waals surface area contributed by atoms with E-state index in [0.29, 0.717) is 9.76 Å². The van der Waals surface area contributed by atoms with Crippen LogP contribution in [0.5, 0.6) is 0 Å². The first-order valence-corrected chi connectivity index (χ1v) is 3.87. The molecular formula is C5H8OSi. The van der Waals surface area contributed by atoms with Crippen LogP contribution in [0.1, 0.15) is 12.8 Å². The average molecular weight is 112 g/mol. The summed E-state index contributed by atoms with van der Waals surface area (Å²) in [5.74, 6) is 1.20. The van der Waals surface area contributed by atoms with Crippen LogP contribution in [0.2, 0.25) is 6.55 Å². The van der Waals surface area contributed by atoms with Crippen LogP contribution in [0.15, 0.2) is 11.8 Å². The van der Waals surface area contributed by atoms with E-state index in [9.17, 15) is 0 Å². The molecule has 0 saturated carbocycles. The molecule has 2 heteroatoms. The molecule has 0 bridgehead atoms. The molecule has 7 heavy (non-hydrogen) atoms. The van der Waals surface area contributed by atoms with E-state index in [0.717, 1.165) is 0 Å². The molecule has 0 atom stereocenters. The van der Waals surface area contributed by atoms with Crippen LogP contribution in [-0.2, 0) is 4.43 Å². The van der Waals surface area contributed by atoms with Crippen molar-refractivity contribution in [1.29, 1.82) is 0 Å². The molecule has 0 spiro atoms. The van der Waals surface area contributed by atoms with Gasteiger partial charge < -0.3 is 4.43 Å². The quantitative estimate of drug-likeness (QED) is 0.490. The minimum Gasteiger partial charge on any atom is -0.544 e. The van der Waals surface area contributed by atoms with Crippen LogP contribution < -0.4 is 0 Å². The Kier molecular flexibility index (Phi) is 1.52. The molecule has 0 aromatic carbocycles. The second-order valence-electron chi connectivity index (χ2n) is 1.52. The zero-order valence-electron chi connectivity index (χ0n) is 4.40. The fourth-order valence-corrected chi connectivity index (χ4v) is 0.934. The van der Waals surface area contributed by atoms with E-state index in [-0.39, 0.29) is 0 Å². The minimum absolute atomic E-state index is 0.628. The minimum atomic E-state index is 0.628. The molecule has 0 heterocycles. The Morgan fingerprint density at radius 1 is 1.86 bits per heavy atom. The highest BCUT2D eigenvalue weighted by Crippen LogP contribution is 2.17. The van der Waals surface area contributed by atoms with E-state index < -0.39 is 0 Å². The van der Waals surface area contributed by atoms with Gasteiger partial charge >= 0.3 is 9.76 Å². The summed E-state index contributed by atoms with van der Waals surface area (Å²) in [4.78, 5) is 0. The van der Waals surface area contributed by atoms with Gasteiger partial charge in [-0.2, -0.15) is 0 Å². The molecule has 0 aromatic heterocycles. The molecule has 1 aliphatic rings. The molecule has 1 aliphatic carbocycles. The summed E-state index contributed by atoms with van der Waals surface area (Å²) in [6.07, 6.45) is 4.52.